The van der Waals surface area contributed by atoms with E-state index in [1.807, 2.05) is 36.4 Å². The van der Waals surface area contributed by atoms with E-state index < -0.39 is 6.10 Å². The Balaban J connectivity index is 1.45. The van der Waals surface area contributed by atoms with Gasteiger partial charge in [0.15, 0.2) is 0 Å². The van der Waals surface area contributed by atoms with Gasteiger partial charge in [0.2, 0.25) is 0 Å². The van der Waals surface area contributed by atoms with Gasteiger partial charge >= 0.3 is 0 Å². The fourth-order valence-electron chi connectivity index (χ4n) is 3.33. The number of benzene rings is 2. The normalized spacial score (nSPS) is 16.2. The van der Waals surface area contributed by atoms with Gasteiger partial charge in [0, 0.05) is 49.5 Å². The van der Waals surface area contributed by atoms with Crippen molar-refractivity contribution < 1.29 is 14.6 Å². The zero-order valence-electron chi connectivity index (χ0n) is 15.9. The van der Waals surface area contributed by atoms with Crippen LogP contribution in [0.25, 0.3) is 0 Å². The Morgan fingerprint density at radius 1 is 1.07 bits per heavy atom. The minimum Gasteiger partial charge on any atom is -0.497 e. The SMILES string of the molecule is COc1cccc(OC[C@@H](O)CN2CCN(c3cc(Cl)ccc3C)CC2)c1. The van der Waals surface area contributed by atoms with E-state index in [9.17, 15) is 5.11 Å². The van der Waals surface area contributed by atoms with Crippen molar-refractivity contribution in [1.82, 2.24) is 4.90 Å². The third-order valence-corrected chi connectivity index (χ3v) is 5.07. The van der Waals surface area contributed by atoms with E-state index in [0.29, 0.717) is 12.3 Å². The number of hydrogen-bond donors (Lipinski definition) is 1. The summed E-state index contributed by atoms with van der Waals surface area (Å²) < 4.78 is 10.9. The average Bonchev–Trinajstić information content (AvgIpc) is 2.69. The lowest BCUT2D eigenvalue weighted by Crippen LogP contribution is -2.49. The van der Waals surface area contributed by atoms with Crippen molar-refractivity contribution in [2.45, 2.75) is 13.0 Å². The number of methoxy groups -OCH3 is 1. The molecular weight excluding hydrogens is 364 g/mol. The van der Waals surface area contributed by atoms with Gasteiger partial charge in [-0.25, -0.2) is 0 Å². The number of halogens is 1. The molecule has 1 N–H and O–H groups in total. The maximum absolute atomic E-state index is 10.3. The van der Waals surface area contributed by atoms with Crippen LogP contribution in [0, 0.1) is 6.92 Å². The molecule has 0 spiro atoms. The minimum absolute atomic E-state index is 0.265. The average molecular weight is 391 g/mol. The summed E-state index contributed by atoms with van der Waals surface area (Å²) in [6.45, 7) is 6.63. The van der Waals surface area contributed by atoms with Gasteiger partial charge in [-0.15, -0.1) is 0 Å². The molecular formula is C21H27ClN2O3. The number of ether oxygens (including phenoxy) is 2. The van der Waals surface area contributed by atoms with E-state index in [0.717, 1.165) is 37.0 Å². The first-order valence-corrected chi connectivity index (χ1v) is 9.61. The van der Waals surface area contributed by atoms with E-state index in [1.165, 1.54) is 11.3 Å². The summed E-state index contributed by atoms with van der Waals surface area (Å²) in [7, 11) is 1.62. The topological polar surface area (TPSA) is 45.2 Å². The number of rotatable bonds is 7. The largest absolute Gasteiger partial charge is 0.497 e. The van der Waals surface area contributed by atoms with Crippen molar-refractivity contribution in [3.63, 3.8) is 0 Å². The zero-order chi connectivity index (χ0) is 19.2. The lowest BCUT2D eigenvalue weighted by Gasteiger charge is -2.37. The van der Waals surface area contributed by atoms with Gasteiger partial charge in [0.1, 0.15) is 24.2 Å². The molecule has 3 rings (SSSR count). The smallest absolute Gasteiger partial charge is 0.123 e. The van der Waals surface area contributed by atoms with E-state index in [1.54, 1.807) is 7.11 Å². The van der Waals surface area contributed by atoms with E-state index in [-0.39, 0.29) is 6.61 Å². The van der Waals surface area contributed by atoms with Crippen LogP contribution >= 0.6 is 11.6 Å². The first-order valence-electron chi connectivity index (χ1n) is 9.23. The number of aliphatic hydroxyl groups is 1. The standard InChI is InChI=1S/C21H27ClN2O3/c1-16-6-7-17(22)12-21(16)24-10-8-23(9-11-24)14-18(25)15-27-20-5-3-4-19(13-20)26-2/h3-7,12-13,18,25H,8-11,14-15H2,1-2H3/t18-/m0/s1. The summed E-state index contributed by atoms with van der Waals surface area (Å²) in [6, 6.07) is 13.4. The summed E-state index contributed by atoms with van der Waals surface area (Å²) >= 11 is 6.15. The van der Waals surface area contributed by atoms with Crippen molar-refractivity contribution in [2.75, 3.05) is 51.3 Å². The van der Waals surface area contributed by atoms with Gasteiger partial charge in [-0.2, -0.15) is 0 Å². The van der Waals surface area contributed by atoms with Crippen LogP contribution in [0.1, 0.15) is 5.56 Å². The highest BCUT2D eigenvalue weighted by Gasteiger charge is 2.21. The van der Waals surface area contributed by atoms with Gasteiger partial charge in [-0.3, -0.25) is 4.90 Å². The molecule has 0 radical (unpaired) electrons. The summed E-state index contributed by atoms with van der Waals surface area (Å²) in [5, 5.41) is 11.1. The second kappa shape index (κ2) is 9.31. The Kier molecular flexibility index (Phi) is 6.83. The molecule has 0 unspecified atom stereocenters. The molecule has 2 aromatic carbocycles. The molecule has 0 bridgehead atoms. The maximum atomic E-state index is 10.3. The van der Waals surface area contributed by atoms with Crippen LogP contribution in [0.3, 0.4) is 0 Å². The minimum atomic E-state index is -0.532. The molecule has 0 aromatic heterocycles. The zero-order valence-corrected chi connectivity index (χ0v) is 16.7. The fraction of sp³-hybridized carbons (Fsp3) is 0.429. The fourth-order valence-corrected chi connectivity index (χ4v) is 3.50. The molecule has 5 nitrogen and oxygen atoms in total. The highest BCUT2D eigenvalue weighted by Crippen LogP contribution is 2.25. The van der Waals surface area contributed by atoms with Crippen LogP contribution in [-0.2, 0) is 0 Å². The summed E-state index contributed by atoms with van der Waals surface area (Å²) in [6.07, 6.45) is -0.532. The second-order valence-corrected chi connectivity index (χ2v) is 7.30. The molecule has 1 atom stereocenters. The van der Waals surface area contributed by atoms with Crippen molar-refractivity contribution in [1.29, 1.82) is 0 Å². The number of nitrogens with zero attached hydrogens (tertiary/aromatic N) is 2. The molecule has 1 aliphatic rings. The highest BCUT2D eigenvalue weighted by atomic mass is 35.5. The molecule has 27 heavy (non-hydrogen) atoms. The van der Waals surface area contributed by atoms with Gasteiger partial charge in [0.25, 0.3) is 0 Å². The van der Waals surface area contributed by atoms with E-state index >= 15 is 0 Å². The molecule has 1 aliphatic heterocycles. The van der Waals surface area contributed by atoms with Gasteiger partial charge in [-0.05, 0) is 36.8 Å². The molecule has 1 saturated heterocycles. The second-order valence-electron chi connectivity index (χ2n) is 6.86. The Morgan fingerprint density at radius 2 is 1.81 bits per heavy atom. The van der Waals surface area contributed by atoms with Crippen molar-refractivity contribution in [3.8, 4) is 11.5 Å². The molecule has 146 valence electrons. The van der Waals surface area contributed by atoms with Crippen LogP contribution in [0.5, 0.6) is 11.5 Å². The van der Waals surface area contributed by atoms with Gasteiger partial charge < -0.3 is 19.5 Å². The van der Waals surface area contributed by atoms with Crippen LogP contribution in [0.15, 0.2) is 42.5 Å². The van der Waals surface area contributed by atoms with Gasteiger partial charge in [-0.1, -0.05) is 23.7 Å². The molecule has 2 aromatic rings. The predicted molar refractivity (Wildman–Crippen MR) is 109 cm³/mol. The van der Waals surface area contributed by atoms with Crippen molar-refractivity contribution in [3.05, 3.63) is 53.1 Å². The first-order chi connectivity index (χ1) is 13.0. The van der Waals surface area contributed by atoms with Crippen molar-refractivity contribution >= 4 is 17.3 Å². The predicted octanol–water partition coefficient (Wildman–Crippen LogP) is 3.22. The maximum Gasteiger partial charge on any atom is 0.123 e. The van der Waals surface area contributed by atoms with Crippen LogP contribution in [0.2, 0.25) is 5.02 Å². The summed E-state index contributed by atoms with van der Waals surface area (Å²) in [5.74, 6) is 1.45. The number of hydrogen-bond acceptors (Lipinski definition) is 5. The molecule has 1 fully saturated rings. The lowest BCUT2D eigenvalue weighted by atomic mass is 10.1. The quantitative estimate of drug-likeness (QED) is 0.786. The highest BCUT2D eigenvalue weighted by molar-refractivity contribution is 6.30. The molecule has 1 heterocycles. The molecule has 0 saturated carbocycles. The monoisotopic (exact) mass is 390 g/mol. The van der Waals surface area contributed by atoms with Gasteiger partial charge in [0.05, 0.1) is 7.11 Å². The Bertz CT molecular complexity index is 748. The number of aryl methyl sites for hydroxylation is 1. The van der Waals surface area contributed by atoms with Crippen LogP contribution in [-0.4, -0.2) is 62.6 Å². The van der Waals surface area contributed by atoms with Crippen molar-refractivity contribution in [2.24, 2.45) is 0 Å². The lowest BCUT2D eigenvalue weighted by molar-refractivity contribution is 0.0662. The summed E-state index contributed by atoms with van der Waals surface area (Å²) in [4.78, 5) is 4.63. The number of anilines is 1. The third kappa shape index (κ3) is 5.51. The molecule has 6 heteroatoms. The molecule has 0 aliphatic carbocycles. The third-order valence-electron chi connectivity index (χ3n) is 4.84. The Hall–Kier alpha value is -1.95. The molecule has 0 amide bonds. The van der Waals surface area contributed by atoms with E-state index in [2.05, 4.69) is 22.8 Å². The number of piperazine rings is 1. The first kappa shape index (κ1) is 19.8. The summed E-state index contributed by atoms with van der Waals surface area (Å²) in [5.41, 5.74) is 2.43. The van der Waals surface area contributed by atoms with Crippen LogP contribution < -0.4 is 14.4 Å². The number of β-amino-alcohol motifs (C(OH)–C–C–N with tert-alkyl or cyclic N) is 1. The van der Waals surface area contributed by atoms with Crippen LogP contribution in [0.4, 0.5) is 5.69 Å². The Labute approximate surface area is 166 Å². The Morgan fingerprint density at radius 3 is 2.56 bits per heavy atom. The van der Waals surface area contributed by atoms with E-state index in [4.69, 9.17) is 21.1 Å². The number of aliphatic hydroxyl groups excluding tert-OH is 1.